The van der Waals surface area contributed by atoms with Gasteiger partial charge in [0.15, 0.2) is 11.5 Å². The number of carbonyl (C=O) groups is 1. The molecule has 3 aromatic rings. The molecule has 0 aliphatic carbocycles. The maximum atomic E-state index is 12.0. The minimum absolute atomic E-state index is 0.0133. The SMILES string of the molecule is CCOc1ccccc1OCCCC(=O)NCc1ccc(-c2ccn[nH]2)cc1. The van der Waals surface area contributed by atoms with Crippen LogP contribution in [0.4, 0.5) is 0 Å². The molecule has 0 saturated heterocycles. The summed E-state index contributed by atoms with van der Waals surface area (Å²) < 4.78 is 11.3. The predicted octanol–water partition coefficient (Wildman–Crippen LogP) is 3.95. The van der Waals surface area contributed by atoms with Crippen LogP contribution in [0.25, 0.3) is 11.3 Å². The number of nitrogens with one attached hydrogen (secondary N) is 2. The van der Waals surface area contributed by atoms with Crippen LogP contribution < -0.4 is 14.8 Å². The molecular weight excluding hydrogens is 354 g/mol. The fourth-order valence-electron chi connectivity index (χ4n) is 2.77. The number of para-hydroxylation sites is 2. The highest BCUT2D eigenvalue weighted by Gasteiger charge is 2.06. The summed E-state index contributed by atoms with van der Waals surface area (Å²) in [5, 5.41) is 9.83. The molecule has 1 aromatic heterocycles. The molecule has 0 fully saturated rings. The molecular formula is C22H25N3O3. The monoisotopic (exact) mass is 379 g/mol. The van der Waals surface area contributed by atoms with E-state index in [1.807, 2.05) is 61.5 Å². The van der Waals surface area contributed by atoms with Gasteiger partial charge in [0.25, 0.3) is 0 Å². The summed E-state index contributed by atoms with van der Waals surface area (Å²) in [5.41, 5.74) is 3.09. The van der Waals surface area contributed by atoms with E-state index in [1.165, 1.54) is 0 Å². The van der Waals surface area contributed by atoms with Crippen LogP contribution in [-0.4, -0.2) is 29.3 Å². The van der Waals surface area contributed by atoms with Crippen molar-refractivity contribution in [3.8, 4) is 22.8 Å². The summed E-state index contributed by atoms with van der Waals surface area (Å²) in [6.07, 6.45) is 2.79. The molecule has 1 amide bonds. The molecule has 0 spiro atoms. The molecule has 0 unspecified atom stereocenters. The summed E-state index contributed by atoms with van der Waals surface area (Å²) in [4.78, 5) is 12.0. The fraction of sp³-hybridized carbons (Fsp3) is 0.273. The molecule has 0 aliphatic heterocycles. The maximum absolute atomic E-state index is 12.0. The topological polar surface area (TPSA) is 76.2 Å². The van der Waals surface area contributed by atoms with Crippen molar-refractivity contribution in [1.29, 1.82) is 0 Å². The van der Waals surface area contributed by atoms with Crippen LogP contribution in [0.15, 0.2) is 60.8 Å². The highest BCUT2D eigenvalue weighted by molar-refractivity contribution is 5.75. The smallest absolute Gasteiger partial charge is 0.220 e. The number of nitrogens with zero attached hydrogens (tertiary/aromatic N) is 1. The Labute approximate surface area is 164 Å². The van der Waals surface area contributed by atoms with Crippen LogP contribution in [0.1, 0.15) is 25.3 Å². The van der Waals surface area contributed by atoms with Crippen molar-refractivity contribution in [1.82, 2.24) is 15.5 Å². The van der Waals surface area contributed by atoms with E-state index in [0.29, 0.717) is 38.3 Å². The van der Waals surface area contributed by atoms with Gasteiger partial charge in [0, 0.05) is 19.2 Å². The Bertz CT molecular complexity index is 861. The second-order valence-corrected chi connectivity index (χ2v) is 6.28. The van der Waals surface area contributed by atoms with Gasteiger partial charge in [-0.2, -0.15) is 5.10 Å². The largest absolute Gasteiger partial charge is 0.490 e. The van der Waals surface area contributed by atoms with Gasteiger partial charge in [-0.15, -0.1) is 0 Å². The quantitative estimate of drug-likeness (QED) is 0.523. The first-order valence-corrected chi connectivity index (χ1v) is 9.46. The maximum Gasteiger partial charge on any atom is 0.220 e. The second kappa shape index (κ2) is 10.2. The van der Waals surface area contributed by atoms with E-state index in [9.17, 15) is 4.79 Å². The van der Waals surface area contributed by atoms with Gasteiger partial charge in [0.2, 0.25) is 5.91 Å². The lowest BCUT2D eigenvalue weighted by Crippen LogP contribution is -2.22. The molecule has 28 heavy (non-hydrogen) atoms. The standard InChI is InChI=1S/C22H25N3O3/c1-2-27-20-6-3-4-7-21(20)28-15-5-8-22(26)23-16-17-9-11-18(12-10-17)19-13-14-24-25-19/h3-4,6-7,9-14H,2,5,8,15-16H2,1H3,(H,23,26)(H,24,25). The average molecular weight is 379 g/mol. The molecule has 3 rings (SSSR count). The number of rotatable bonds is 10. The Morgan fingerprint density at radius 3 is 2.46 bits per heavy atom. The van der Waals surface area contributed by atoms with Gasteiger partial charge in [-0.1, -0.05) is 36.4 Å². The zero-order valence-corrected chi connectivity index (χ0v) is 16.0. The number of amides is 1. The number of benzene rings is 2. The molecule has 2 aromatic carbocycles. The van der Waals surface area contributed by atoms with Crippen LogP contribution in [0.2, 0.25) is 0 Å². The Balaban J connectivity index is 1.37. The Kier molecular flexibility index (Phi) is 7.07. The minimum Gasteiger partial charge on any atom is -0.490 e. The zero-order chi connectivity index (χ0) is 19.6. The first kappa shape index (κ1) is 19.5. The third-order valence-electron chi connectivity index (χ3n) is 4.21. The predicted molar refractivity (Wildman–Crippen MR) is 108 cm³/mol. The van der Waals surface area contributed by atoms with E-state index in [1.54, 1.807) is 6.20 Å². The lowest BCUT2D eigenvalue weighted by Gasteiger charge is -2.11. The van der Waals surface area contributed by atoms with Gasteiger partial charge in [-0.25, -0.2) is 0 Å². The minimum atomic E-state index is 0.0133. The summed E-state index contributed by atoms with van der Waals surface area (Å²) in [5.74, 6) is 1.45. The van der Waals surface area contributed by atoms with Crippen LogP contribution in [0.5, 0.6) is 11.5 Å². The van der Waals surface area contributed by atoms with Crippen LogP contribution >= 0.6 is 0 Å². The third kappa shape index (κ3) is 5.61. The first-order chi connectivity index (χ1) is 13.8. The molecule has 0 radical (unpaired) electrons. The van der Waals surface area contributed by atoms with E-state index in [4.69, 9.17) is 9.47 Å². The van der Waals surface area contributed by atoms with E-state index in [0.717, 1.165) is 22.6 Å². The number of ether oxygens (including phenoxy) is 2. The Morgan fingerprint density at radius 1 is 1.04 bits per heavy atom. The number of H-pyrrole nitrogens is 1. The Hall–Kier alpha value is -3.28. The fourth-order valence-corrected chi connectivity index (χ4v) is 2.77. The van der Waals surface area contributed by atoms with E-state index in [-0.39, 0.29) is 5.91 Å². The van der Waals surface area contributed by atoms with Gasteiger partial charge < -0.3 is 14.8 Å². The summed E-state index contributed by atoms with van der Waals surface area (Å²) >= 11 is 0. The van der Waals surface area contributed by atoms with Crippen molar-refractivity contribution in [2.24, 2.45) is 0 Å². The summed E-state index contributed by atoms with van der Waals surface area (Å²) in [6.45, 7) is 3.50. The third-order valence-corrected chi connectivity index (χ3v) is 4.21. The van der Waals surface area contributed by atoms with Gasteiger partial charge in [-0.3, -0.25) is 9.89 Å². The van der Waals surface area contributed by atoms with Gasteiger partial charge in [0.1, 0.15) is 0 Å². The molecule has 0 bridgehead atoms. The van der Waals surface area contributed by atoms with Crippen LogP contribution in [0.3, 0.4) is 0 Å². The molecule has 1 heterocycles. The van der Waals surface area contributed by atoms with Crippen molar-refractivity contribution >= 4 is 5.91 Å². The number of carbonyl (C=O) groups excluding carboxylic acids is 1. The summed E-state index contributed by atoms with van der Waals surface area (Å²) in [6, 6.07) is 17.5. The van der Waals surface area contributed by atoms with E-state index >= 15 is 0 Å². The second-order valence-electron chi connectivity index (χ2n) is 6.28. The van der Waals surface area contributed by atoms with Crippen LogP contribution in [0, 0.1) is 0 Å². The van der Waals surface area contributed by atoms with E-state index in [2.05, 4.69) is 15.5 Å². The van der Waals surface area contributed by atoms with Crippen molar-refractivity contribution < 1.29 is 14.3 Å². The number of aromatic amines is 1. The van der Waals surface area contributed by atoms with Gasteiger partial charge in [-0.05, 0) is 42.7 Å². The van der Waals surface area contributed by atoms with Crippen molar-refractivity contribution in [2.75, 3.05) is 13.2 Å². The highest BCUT2D eigenvalue weighted by atomic mass is 16.5. The van der Waals surface area contributed by atoms with E-state index < -0.39 is 0 Å². The first-order valence-electron chi connectivity index (χ1n) is 9.46. The lowest BCUT2D eigenvalue weighted by molar-refractivity contribution is -0.121. The molecule has 6 heteroatoms. The number of hydrogen-bond acceptors (Lipinski definition) is 4. The summed E-state index contributed by atoms with van der Waals surface area (Å²) in [7, 11) is 0. The van der Waals surface area contributed by atoms with Gasteiger partial charge >= 0.3 is 0 Å². The van der Waals surface area contributed by atoms with Crippen LogP contribution in [-0.2, 0) is 11.3 Å². The average Bonchev–Trinajstić information content (AvgIpc) is 3.26. The number of hydrogen-bond donors (Lipinski definition) is 2. The van der Waals surface area contributed by atoms with Crippen molar-refractivity contribution in [2.45, 2.75) is 26.3 Å². The molecule has 0 atom stereocenters. The molecule has 146 valence electrons. The highest BCUT2D eigenvalue weighted by Crippen LogP contribution is 2.26. The molecule has 0 aliphatic rings. The number of aromatic nitrogens is 2. The van der Waals surface area contributed by atoms with Gasteiger partial charge in [0.05, 0.1) is 18.9 Å². The molecule has 0 saturated carbocycles. The van der Waals surface area contributed by atoms with Crippen molar-refractivity contribution in [3.63, 3.8) is 0 Å². The molecule has 6 nitrogen and oxygen atoms in total. The normalized spacial score (nSPS) is 10.5. The van der Waals surface area contributed by atoms with Crippen molar-refractivity contribution in [3.05, 3.63) is 66.4 Å². The zero-order valence-electron chi connectivity index (χ0n) is 16.0. The molecule has 2 N–H and O–H groups in total. The Morgan fingerprint density at radius 2 is 1.79 bits per heavy atom. The lowest BCUT2D eigenvalue weighted by atomic mass is 10.1.